The van der Waals surface area contributed by atoms with E-state index >= 15 is 0 Å². The van der Waals surface area contributed by atoms with Crippen molar-refractivity contribution in [2.24, 2.45) is 0 Å². The molecule has 1 heterocycles. The van der Waals surface area contributed by atoms with Crippen LogP contribution in [0.5, 0.6) is 0 Å². The Balaban J connectivity index is 1.92. The molecule has 0 saturated carbocycles. The Morgan fingerprint density at radius 1 is 1.03 bits per heavy atom. The van der Waals surface area contributed by atoms with Crippen LogP contribution in [0.1, 0.15) is 28.5 Å². The number of esters is 1. The minimum atomic E-state index is -0.324. The van der Waals surface area contributed by atoms with Crippen molar-refractivity contribution < 1.29 is 9.53 Å². The zero-order valence-corrected chi connectivity index (χ0v) is 18.5. The van der Waals surface area contributed by atoms with E-state index in [-0.39, 0.29) is 5.97 Å². The third-order valence-corrected chi connectivity index (χ3v) is 6.23. The number of rotatable bonds is 6. The maximum Gasteiger partial charge on any atom is 0.356 e. The van der Waals surface area contributed by atoms with Crippen LogP contribution in [0.3, 0.4) is 0 Å². The molecule has 0 amide bonds. The number of halogens is 1. The average molecular weight is 436 g/mol. The Kier molecular flexibility index (Phi) is 6.16. The van der Waals surface area contributed by atoms with Gasteiger partial charge in [-0.2, -0.15) is 0 Å². The predicted molar refractivity (Wildman–Crippen MR) is 124 cm³/mol. The summed E-state index contributed by atoms with van der Waals surface area (Å²) in [6, 6.07) is 24.2. The molecule has 0 atom stereocenters. The fourth-order valence-corrected chi connectivity index (χ4v) is 4.71. The van der Waals surface area contributed by atoms with Gasteiger partial charge in [0.15, 0.2) is 0 Å². The molecular weight excluding hydrogens is 414 g/mol. The van der Waals surface area contributed by atoms with Crippen molar-refractivity contribution >= 4 is 40.2 Å². The zero-order chi connectivity index (χ0) is 21.1. The molecule has 0 unspecified atom stereocenters. The first-order chi connectivity index (χ1) is 14.6. The molecule has 0 saturated heterocycles. The first kappa shape index (κ1) is 20.6. The summed E-state index contributed by atoms with van der Waals surface area (Å²) in [7, 11) is 0. The van der Waals surface area contributed by atoms with Gasteiger partial charge in [0.2, 0.25) is 0 Å². The molecule has 3 nitrogen and oxygen atoms in total. The van der Waals surface area contributed by atoms with Gasteiger partial charge in [0.05, 0.1) is 17.0 Å². The number of aryl methyl sites for hydroxylation is 1. The molecule has 1 aromatic heterocycles. The molecule has 30 heavy (non-hydrogen) atoms. The van der Waals surface area contributed by atoms with Crippen molar-refractivity contribution in [2.45, 2.75) is 30.2 Å². The minimum absolute atomic E-state index is 0.321. The molecule has 4 aromatic rings. The normalized spacial score (nSPS) is 11.0. The van der Waals surface area contributed by atoms with Crippen molar-refractivity contribution in [3.63, 3.8) is 0 Å². The fourth-order valence-electron chi connectivity index (χ4n) is 3.45. The lowest BCUT2D eigenvalue weighted by molar-refractivity contribution is 0.0510. The SMILES string of the molecule is CCOC(=O)c1c(Sc2ccccc2)c2cc(Cl)ccc2n1Cc1ccc(C)cc1. The lowest BCUT2D eigenvalue weighted by atomic mass is 10.1. The lowest BCUT2D eigenvalue weighted by Gasteiger charge is -2.12. The van der Waals surface area contributed by atoms with Gasteiger partial charge in [-0.05, 0) is 49.7 Å². The molecule has 0 aliphatic rings. The summed E-state index contributed by atoms with van der Waals surface area (Å²) in [5.41, 5.74) is 3.84. The second kappa shape index (κ2) is 8.99. The number of aromatic nitrogens is 1. The number of fused-ring (bicyclic) bond motifs is 1. The quantitative estimate of drug-likeness (QED) is 0.306. The summed E-state index contributed by atoms with van der Waals surface area (Å²) in [4.78, 5) is 15.0. The number of carbonyl (C=O) groups excluding carboxylic acids is 1. The van der Waals surface area contributed by atoms with Crippen LogP contribution in [0, 0.1) is 6.92 Å². The highest BCUT2D eigenvalue weighted by Crippen LogP contribution is 2.40. The number of benzene rings is 3. The van der Waals surface area contributed by atoms with E-state index in [1.807, 2.05) is 60.0 Å². The standard InChI is InChI=1S/C25H22ClNO2S/c1-3-29-25(28)23-24(30-20-7-5-4-6-8-20)21-15-19(26)13-14-22(21)27(23)16-18-11-9-17(2)10-12-18/h4-15H,3,16H2,1-2H3. The Morgan fingerprint density at radius 3 is 2.47 bits per heavy atom. The van der Waals surface area contributed by atoms with Crippen LogP contribution in [0.4, 0.5) is 0 Å². The van der Waals surface area contributed by atoms with Gasteiger partial charge in [-0.3, -0.25) is 0 Å². The summed E-state index contributed by atoms with van der Waals surface area (Å²) in [6.45, 7) is 4.78. The fraction of sp³-hybridized carbons (Fsp3) is 0.160. The predicted octanol–water partition coefficient (Wildman–Crippen LogP) is 6.98. The Hall–Kier alpha value is -2.69. The Bertz CT molecular complexity index is 1180. The third-order valence-electron chi connectivity index (χ3n) is 4.87. The molecular formula is C25H22ClNO2S. The number of ether oxygens (including phenoxy) is 1. The number of nitrogens with zero attached hydrogens (tertiary/aromatic N) is 1. The van der Waals surface area contributed by atoms with Crippen LogP contribution < -0.4 is 0 Å². The highest BCUT2D eigenvalue weighted by molar-refractivity contribution is 7.99. The van der Waals surface area contributed by atoms with Crippen molar-refractivity contribution in [1.29, 1.82) is 0 Å². The molecule has 0 spiro atoms. The van der Waals surface area contributed by atoms with E-state index in [4.69, 9.17) is 16.3 Å². The van der Waals surface area contributed by atoms with Gasteiger partial charge >= 0.3 is 5.97 Å². The number of hydrogen-bond donors (Lipinski definition) is 0. The molecule has 152 valence electrons. The average Bonchev–Trinajstić information content (AvgIpc) is 3.03. The van der Waals surface area contributed by atoms with Crippen LogP contribution in [-0.4, -0.2) is 17.1 Å². The third kappa shape index (κ3) is 4.25. The molecule has 3 aromatic carbocycles. The molecule has 0 fully saturated rings. The van der Waals surface area contributed by atoms with Gasteiger partial charge in [0.25, 0.3) is 0 Å². The van der Waals surface area contributed by atoms with Gasteiger partial charge in [-0.1, -0.05) is 71.4 Å². The number of carbonyl (C=O) groups is 1. The van der Waals surface area contributed by atoms with Gasteiger partial charge in [0.1, 0.15) is 5.69 Å². The van der Waals surface area contributed by atoms with E-state index in [1.54, 1.807) is 11.8 Å². The molecule has 0 radical (unpaired) electrons. The highest BCUT2D eigenvalue weighted by Gasteiger charge is 2.25. The zero-order valence-electron chi connectivity index (χ0n) is 16.9. The maximum atomic E-state index is 13.1. The maximum absolute atomic E-state index is 13.1. The van der Waals surface area contributed by atoms with Crippen molar-refractivity contribution in [3.05, 3.63) is 94.6 Å². The van der Waals surface area contributed by atoms with Crippen molar-refractivity contribution in [2.75, 3.05) is 6.61 Å². The molecule has 4 rings (SSSR count). The summed E-state index contributed by atoms with van der Waals surface area (Å²) >= 11 is 7.90. The van der Waals surface area contributed by atoms with E-state index in [1.165, 1.54) is 5.56 Å². The molecule has 0 aliphatic heterocycles. The van der Waals surface area contributed by atoms with Crippen molar-refractivity contribution in [1.82, 2.24) is 4.57 Å². The lowest BCUT2D eigenvalue weighted by Crippen LogP contribution is -2.14. The second-order valence-electron chi connectivity index (χ2n) is 7.05. The van der Waals surface area contributed by atoms with E-state index < -0.39 is 0 Å². The summed E-state index contributed by atoms with van der Waals surface area (Å²) in [5, 5.41) is 1.59. The smallest absolute Gasteiger partial charge is 0.356 e. The monoisotopic (exact) mass is 435 g/mol. The van der Waals surface area contributed by atoms with E-state index in [2.05, 4.69) is 31.2 Å². The molecule has 0 N–H and O–H groups in total. The van der Waals surface area contributed by atoms with Gasteiger partial charge < -0.3 is 9.30 Å². The minimum Gasteiger partial charge on any atom is -0.461 e. The summed E-state index contributed by atoms with van der Waals surface area (Å²) in [5.74, 6) is -0.324. The van der Waals surface area contributed by atoms with Crippen LogP contribution in [0.2, 0.25) is 5.02 Å². The first-order valence-electron chi connectivity index (χ1n) is 9.84. The number of hydrogen-bond acceptors (Lipinski definition) is 3. The van der Waals surface area contributed by atoms with E-state index in [9.17, 15) is 4.79 Å². The largest absolute Gasteiger partial charge is 0.461 e. The van der Waals surface area contributed by atoms with Crippen LogP contribution in [0.15, 0.2) is 82.6 Å². The second-order valence-corrected chi connectivity index (χ2v) is 8.57. The van der Waals surface area contributed by atoms with Crippen LogP contribution in [-0.2, 0) is 11.3 Å². The van der Waals surface area contributed by atoms with Crippen LogP contribution in [0.25, 0.3) is 10.9 Å². The van der Waals surface area contributed by atoms with Gasteiger partial charge in [-0.25, -0.2) is 4.79 Å². The summed E-state index contributed by atoms with van der Waals surface area (Å²) < 4.78 is 7.50. The van der Waals surface area contributed by atoms with E-state index in [0.717, 1.165) is 26.3 Å². The molecule has 5 heteroatoms. The Morgan fingerprint density at radius 2 is 1.77 bits per heavy atom. The summed E-state index contributed by atoms with van der Waals surface area (Å²) in [6.07, 6.45) is 0. The topological polar surface area (TPSA) is 31.2 Å². The van der Waals surface area contributed by atoms with Gasteiger partial charge in [-0.15, -0.1) is 0 Å². The molecule has 0 aliphatic carbocycles. The first-order valence-corrected chi connectivity index (χ1v) is 11.0. The van der Waals surface area contributed by atoms with Crippen LogP contribution >= 0.6 is 23.4 Å². The van der Waals surface area contributed by atoms with Gasteiger partial charge in [0, 0.05) is 21.8 Å². The highest BCUT2D eigenvalue weighted by atomic mass is 35.5. The van der Waals surface area contributed by atoms with E-state index in [0.29, 0.717) is 23.9 Å². The molecule has 0 bridgehead atoms. The van der Waals surface area contributed by atoms with Crippen molar-refractivity contribution in [3.8, 4) is 0 Å². The Labute approximate surface area is 185 Å².